The van der Waals surface area contributed by atoms with Crippen molar-refractivity contribution < 1.29 is 4.39 Å². The van der Waals surface area contributed by atoms with E-state index >= 15 is 0 Å². The zero-order valence-corrected chi connectivity index (χ0v) is 16.1. The quantitative estimate of drug-likeness (QED) is 0.516. The number of aromatic nitrogens is 5. The largest absolute Gasteiger partial charge is 0.324 e. The second-order valence-corrected chi connectivity index (χ2v) is 7.42. The van der Waals surface area contributed by atoms with E-state index in [1.165, 1.54) is 33.4 Å². The molecule has 1 aromatic carbocycles. The number of benzene rings is 1. The van der Waals surface area contributed by atoms with Crippen LogP contribution in [0.4, 0.5) is 4.39 Å². The van der Waals surface area contributed by atoms with Crippen LogP contribution in [0.1, 0.15) is 11.1 Å². The first-order chi connectivity index (χ1) is 13.4. The van der Waals surface area contributed by atoms with E-state index in [0.717, 1.165) is 11.6 Å². The van der Waals surface area contributed by atoms with E-state index in [9.17, 15) is 14.0 Å². The minimum Gasteiger partial charge on any atom is -0.324 e. The fraction of sp³-hybridized carbons (Fsp3) is 0.111. The van der Waals surface area contributed by atoms with Crippen LogP contribution in [0.2, 0.25) is 5.02 Å². The molecule has 0 spiro atoms. The Morgan fingerprint density at radius 2 is 2.00 bits per heavy atom. The summed E-state index contributed by atoms with van der Waals surface area (Å²) in [6.45, 7) is 1.74. The van der Waals surface area contributed by atoms with Crippen molar-refractivity contribution in [3.63, 3.8) is 0 Å². The van der Waals surface area contributed by atoms with Gasteiger partial charge in [-0.05, 0) is 24.6 Å². The highest BCUT2D eigenvalue weighted by Crippen LogP contribution is 2.23. The first-order valence-corrected chi connectivity index (χ1v) is 9.54. The van der Waals surface area contributed by atoms with E-state index in [0.29, 0.717) is 21.5 Å². The number of H-pyrrole nitrogens is 1. The van der Waals surface area contributed by atoms with E-state index in [1.807, 2.05) is 12.1 Å². The fourth-order valence-electron chi connectivity index (χ4n) is 2.69. The lowest BCUT2D eigenvalue weighted by molar-refractivity contribution is 0.601. The molecule has 0 aliphatic heterocycles. The summed E-state index contributed by atoms with van der Waals surface area (Å²) in [5.41, 5.74) is 0.806. The monoisotopic (exact) mass is 417 g/mol. The first-order valence-electron chi connectivity index (χ1n) is 8.17. The maximum atomic E-state index is 13.8. The Balaban J connectivity index is 1.86. The Morgan fingerprint density at radius 1 is 1.25 bits per heavy atom. The van der Waals surface area contributed by atoms with Crippen LogP contribution in [-0.4, -0.2) is 24.4 Å². The van der Waals surface area contributed by atoms with Crippen molar-refractivity contribution in [1.29, 1.82) is 0 Å². The molecule has 0 amide bonds. The molecule has 0 unspecified atom stereocenters. The van der Waals surface area contributed by atoms with Crippen molar-refractivity contribution in [2.75, 3.05) is 0 Å². The number of fused-ring (bicyclic) bond motifs is 1. The number of hydrogen-bond donors (Lipinski definition) is 1. The van der Waals surface area contributed by atoms with Gasteiger partial charge in [0.25, 0.3) is 11.1 Å². The van der Waals surface area contributed by atoms with E-state index in [4.69, 9.17) is 11.6 Å². The van der Waals surface area contributed by atoms with E-state index < -0.39 is 16.9 Å². The fourth-order valence-corrected chi connectivity index (χ4v) is 3.76. The van der Waals surface area contributed by atoms with Crippen LogP contribution in [0.15, 0.2) is 57.5 Å². The topological polar surface area (TPSA) is 85.1 Å². The van der Waals surface area contributed by atoms with Crippen LogP contribution in [0.25, 0.3) is 11.2 Å². The number of aromatic amines is 1. The van der Waals surface area contributed by atoms with E-state index in [1.54, 1.807) is 19.1 Å². The van der Waals surface area contributed by atoms with E-state index in [-0.39, 0.29) is 11.2 Å². The second-order valence-electron chi connectivity index (χ2n) is 6.04. The number of thioether (sulfide) groups is 1. The number of rotatable bonds is 4. The van der Waals surface area contributed by atoms with Gasteiger partial charge in [-0.3, -0.25) is 14.2 Å². The molecule has 4 aromatic rings. The SMILES string of the molecule is Cc1cnn2nc(SCc3ccc(Cl)cc3)n(-c3c[nH]c(=O)c(F)c3)c(=O)c12. The molecule has 0 atom stereocenters. The highest BCUT2D eigenvalue weighted by molar-refractivity contribution is 7.98. The van der Waals surface area contributed by atoms with Gasteiger partial charge < -0.3 is 4.98 Å². The molecule has 0 aliphatic rings. The zero-order valence-electron chi connectivity index (χ0n) is 14.5. The average Bonchev–Trinajstić information content (AvgIpc) is 3.05. The molecule has 0 saturated carbocycles. The van der Waals surface area contributed by atoms with Gasteiger partial charge in [0.05, 0.1) is 11.9 Å². The van der Waals surface area contributed by atoms with Crippen molar-refractivity contribution in [2.45, 2.75) is 17.8 Å². The lowest BCUT2D eigenvalue weighted by Gasteiger charge is -2.12. The molecule has 3 heterocycles. The molecule has 28 heavy (non-hydrogen) atoms. The molecule has 0 radical (unpaired) electrons. The normalized spacial score (nSPS) is 11.2. The van der Waals surface area contributed by atoms with Crippen LogP contribution in [0.3, 0.4) is 0 Å². The van der Waals surface area contributed by atoms with Gasteiger partial charge in [-0.2, -0.15) is 5.10 Å². The summed E-state index contributed by atoms with van der Waals surface area (Å²) in [7, 11) is 0. The zero-order chi connectivity index (χ0) is 19.8. The van der Waals surface area contributed by atoms with Crippen molar-refractivity contribution in [1.82, 2.24) is 24.4 Å². The summed E-state index contributed by atoms with van der Waals surface area (Å²) >= 11 is 7.19. The molecule has 0 aliphatic carbocycles. The van der Waals surface area contributed by atoms with Crippen LogP contribution >= 0.6 is 23.4 Å². The summed E-state index contributed by atoms with van der Waals surface area (Å²) in [4.78, 5) is 26.8. The summed E-state index contributed by atoms with van der Waals surface area (Å²) in [6.07, 6.45) is 2.82. The van der Waals surface area contributed by atoms with E-state index in [2.05, 4.69) is 15.2 Å². The molecule has 142 valence electrons. The van der Waals surface area contributed by atoms with Gasteiger partial charge in [-0.1, -0.05) is 35.5 Å². The van der Waals surface area contributed by atoms with Gasteiger partial charge in [0.1, 0.15) is 0 Å². The van der Waals surface area contributed by atoms with Crippen molar-refractivity contribution in [3.8, 4) is 5.69 Å². The van der Waals surface area contributed by atoms with Gasteiger partial charge in [-0.25, -0.2) is 4.39 Å². The smallest absolute Gasteiger partial charge is 0.285 e. The third-order valence-electron chi connectivity index (χ3n) is 4.09. The second kappa shape index (κ2) is 7.25. The van der Waals surface area contributed by atoms with Crippen LogP contribution in [-0.2, 0) is 5.75 Å². The molecule has 7 nitrogen and oxygen atoms in total. The minimum absolute atomic E-state index is 0.177. The summed E-state index contributed by atoms with van der Waals surface area (Å²) in [6, 6.07) is 8.29. The maximum Gasteiger partial charge on any atom is 0.285 e. The number of aryl methyl sites for hydroxylation is 1. The Labute approximate surface area is 166 Å². The summed E-state index contributed by atoms with van der Waals surface area (Å²) in [5, 5.41) is 9.44. The highest BCUT2D eigenvalue weighted by Gasteiger charge is 2.17. The molecular weight excluding hydrogens is 405 g/mol. The van der Waals surface area contributed by atoms with Crippen molar-refractivity contribution in [3.05, 3.63) is 85.4 Å². The number of halogens is 2. The number of pyridine rings is 1. The Bertz CT molecular complexity index is 1300. The highest BCUT2D eigenvalue weighted by atomic mass is 35.5. The third-order valence-corrected chi connectivity index (χ3v) is 5.35. The molecule has 4 rings (SSSR count). The standard InChI is InChI=1S/C18H13ClFN5O2S/c1-10-7-22-25-15(10)17(27)24(13-6-14(20)16(26)21-8-13)18(23-25)28-9-11-2-4-12(19)5-3-11/h2-8H,9H2,1H3,(H,21,26). The molecule has 0 bridgehead atoms. The first kappa shape index (κ1) is 18.5. The maximum absolute atomic E-state index is 13.8. The van der Waals surface area contributed by atoms with Crippen LogP contribution < -0.4 is 11.1 Å². The number of nitrogens with one attached hydrogen (secondary N) is 1. The predicted molar refractivity (Wildman–Crippen MR) is 105 cm³/mol. The molecule has 3 aromatic heterocycles. The van der Waals surface area contributed by atoms with Gasteiger partial charge in [0.15, 0.2) is 16.5 Å². The van der Waals surface area contributed by atoms with Gasteiger partial charge >= 0.3 is 0 Å². The Kier molecular flexibility index (Phi) is 4.78. The molecular formula is C18H13ClFN5O2S. The minimum atomic E-state index is -0.983. The van der Waals surface area contributed by atoms with Crippen LogP contribution in [0.5, 0.6) is 0 Å². The lowest BCUT2D eigenvalue weighted by Crippen LogP contribution is -2.26. The molecule has 0 fully saturated rings. The van der Waals surface area contributed by atoms with Gasteiger partial charge in [0.2, 0.25) is 0 Å². The lowest BCUT2D eigenvalue weighted by atomic mass is 10.2. The Morgan fingerprint density at radius 3 is 2.71 bits per heavy atom. The van der Waals surface area contributed by atoms with Crippen molar-refractivity contribution in [2.24, 2.45) is 0 Å². The number of hydrogen-bond acceptors (Lipinski definition) is 5. The summed E-state index contributed by atoms with van der Waals surface area (Å²) in [5.74, 6) is -0.482. The molecule has 1 N–H and O–H groups in total. The third kappa shape index (κ3) is 3.34. The predicted octanol–water partition coefficient (Wildman–Crippen LogP) is 2.96. The summed E-state index contributed by atoms with van der Waals surface area (Å²) < 4.78 is 16.4. The van der Waals surface area contributed by atoms with Crippen molar-refractivity contribution >= 4 is 28.9 Å². The van der Waals surface area contributed by atoms with Gasteiger partial charge in [0, 0.05) is 28.6 Å². The molecule has 10 heteroatoms. The average molecular weight is 418 g/mol. The van der Waals surface area contributed by atoms with Crippen LogP contribution in [0, 0.1) is 12.7 Å². The Hall–Kier alpha value is -2.91. The van der Waals surface area contributed by atoms with Gasteiger partial charge in [-0.15, -0.1) is 9.73 Å². The number of nitrogens with zero attached hydrogens (tertiary/aromatic N) is 4. The molecule has 0 saturated heterocycles.